The van der Waals surface area contributed by atoms with Crippen molar-refractivity contribution in [2.75, 3.05) is 19.6 Å². The van der Waals surface area contributed by atoms with Crippen LogP contribution in [0.5, 0.6) is 0 Å². The Hall–Kier alpha value is -0.590. The first kappa shape index (κ1) is 11.9. The Morgan fingerprint density at radius 1 is 1.44 bits per heavy atom. The van der Waals surface area contributed by atoms with Gasteiger partial charge in [0.25, 0.3) is 0 Å². The molecule has 1 unspecified atom stereocenters. The van der Waals surface area contributed by atoms with E-state index >= 15 is 0 Å². The van der Waals surface area contributed by atoms with Crippen molar-refractivity contribution in [3.63, 3.8) is 0 Å². The summed E-state index contributed by atoms with van der Waals surface area (Å²) in [5.41, 5.74) is 1.21. The van der Waals surface area contributed by atoms with Gasteiger partial charge < -0.3 is 4.90 Å². The van der Waals surface area contributed by atoms with Crippen LogP contribution in [0.15, 0.2) is 36.6 Å². The first-order valence-electron chi connectivity index (χ1n) is 5.93. The van der Waals surface area contributed by atoms with Gasteiger partial charge in [-0.15, -0.1) is 0 Å². The number of hydrogen-bond acceptors (Lipinski definition) is 2. The second-order valence-electron chi connectivity index (χ2n) is 4.76. The smallest absolute Gasteiger partial charge is 0.0455 e. The quantitative estimate of drug-likeness (QED) is 0.548. The molecule has 0 radical (unpaired) electrons. The molecule has 3 atom stereocenters. The summed E-state index contributed by atoms with van der Waals surface area (Å²) in [4.78, 5) is 2.49. The predicted molar refractivity (Wildman–Crippen MR) is 73.0 cm³/mol. The molecule has 88 valence electrons. The SMILES string of the molecule is C=C/C(C)=C\C=C\N1CC[C@@H]2CN(P)C[C@@H]21. The third-order valence-electron chi connectivity index (χ3n) is 3.58. The van der Waals surface area contributed by atoms with Crippen molar-refractivity contribution < 1.29 is 0 Å². The van der Waals surface area contributed by atoms with Crippen LogP contribution in [-0.2, 0) is 0 Å². The second-order valence-corrected chi connectivity index (χ2v) is 5.49. The van der Waals surface area contributed by atoms with Crippen LogP contribution in [0.2, 0.25) is 0 Å². The highest BCUT2D eigenvalue weighted by Crippen LogP contribution is 2.32. The number of allylic oxidation sites excluding steroid dienone is 4. The fourth-order valence-corrected chi connectivity index (χ4v) is 3.07. The van der Waals surface area contributed by atoms with Crippen LogP contribution in [0, 0.1) is 5.92 Å². The Bertz CT molecular complexity index is 322. The van der Waals surface area contributed by atoms with Crippen molar-refractivity contribution in [3.05, 3.63) is 36.6 Å². The molecule has 0 aliphatic carbocycles. The van der Waals surface area contributed by atoms with Gasteiger partial charge in [0.2, 0.25) is 0 Å². The van der Waals surface area contributed by atoms with Gasteiger partial charge in [-0.1, -0.05) is 33.7 Å². The van der Waals surface area contributed by atoms with Crippen molar-refractivity contribution in [3.8, 4) is 0 Å². The van der Waals surface area contributed by atoms with Crippen molar-refractivity contribution >= 4 is 9.39 Å². The van der Waals surface area contributed by atoms with Crippen molar-refractivity contribution in [1.82, 2.24) is 9.57 Å². The van der Waals surface area contributed by atoms with Crippen LogP contribution in [0.3, 0.4) is 0 Å². The van der Waals surface area contributed by atoms with Gasteiger partial charge in [0.1, 0.15) is 0 Å². The Morgan fingerprint density at radius 3 is 3.00 bits per heavy atom. The maximum Gasteiger partial charge on any atom is 0.0455 e. The van der Waals surface area contributed by atoms with Gasteiger partial charge in [-0.3, -0.25) is 4.67 Å². The summed E-state index contributed by atoms with van der Waals surface area (Å²) in [6.07, 6.45) is 9.72. The lowest BCUT2D eigenvalue weighted by atomic mass is 10.1. The van der Waals surface area contributed by atoms with E-state index in [-0.39, 0.29) is 0 Å². The first-order chi connectivity index (χ1) is 7.70. The van der Waals surface area contributed by atoms with Gasteiger partial charge in [0, 0.05) is 25.7 Å². The highest BCUT2D eigenvalue weighted by atomic mass is 31.0. The van der Waals surface area contributed by atoms with E-state index in [1.807, 2.05) is 6.08 Å². The fourth-order valence-electron chi connectivity index (χ4n) is 2.59. The zero-order valence-electron chi connectivity index (χ0n) is 9.97. The summed E-state index contributed by atoms with van der Waals surface area (Å²) in [7, 11) is 2.83. The minimum atomic E-state index is 0.728. The molecule has 0 amide bonds. The Kier molecular flexibility index (Phi) is 3.83. The third-order valence-corrected chi connectivity index (χ3v) is 4.00. The zero-order valence-corrected chi connectivity index (χ0v) is 11.1. The average Bonchev–Trinajstić information content (AvgIpc) is 2.78. The number of nitrogens with zero attached hydrogens (tertiary/aromatic N) is 2. The molecule has 0 aromatic rings. The normalized spacial score (nSPS) is 31.4. The van der Waals surface area contributed by atoms with Crippen LogP contribution >= 0.6 is 9.39 Å². The molecule has 2 aliphatic heterocycles. The minimum Gasteiger partial charge on any atom is -0.373 e. The highest BCUT2D eigenvalue weighted by molar-refractivity contribution is 7.13. The summed E-state index contributed by atoms with van der Waals surface area (Å²) in [6, 6.07) is 0.728. The lowest BCUT2D eigenvalue weighted by molar-refractivity contribution is 0.336. The van der Waals surface area contributed by atoms with E-state index in [1.165, 1.54) is 31.6 Å². The molecule has 0 bridgehead atoms. The van der Waals surface area contributed by atoms with Crippen molar-refractivity contribution in [2.24, 2.45) is 5.92 Å². The Labute approximate surface area is 101 Å². The molecule has 2 aliphatic rings. The number of fused-ring (bicyclic) bond motifs is 1. The van der Waals surface area contributed by atoms with Gasteiger partial charge in [-0.05, 0) is 31.5 Å². The van der Waals surface area contributed by atoms with E-state index in [0.29, 0.717) is 0 Å². The molecule has 0 aromatic heterocycles. The maximum absolute atomic E-state index is 3.75. The van der Waals surface area contributed by atoms with Gasteiger partial charge >= 0.3 is 0 Å². The summed E-state index contributed by atoms with van der Waals surface area (Å²) < 4.78 is 2.36. The summed E-state index contributed by atoms with van der Waals surface area (Å²) >= 11 is 0. The molecular formula is C13H21N2P. The minimum absolute atomic E-state index is 0.728. The molecule has 2 fully saturated rings. The van der Waals surface area contributed by atoms with Crippen molar-refractivity contribution in [1.29, 1.82) is 0 Å². The lowest BCUT2D eigenvalue weighted by Gasteiger charge is -2.21. The molecule has 0 saturated carbocycles. The second kappa shape index (κ2) is 5.16. The first-order valence-corrected chi connectivity index (χ1v) is 6.45. The molecule has 2 heterocycles. The molecule has 0 spiro atoms. The summed E-state index contributed by atoms with van der Waals surface area (Å²) in [5.74, 6) is 0.867. The van der Waals surface area contributed by atoms with E-state index in [9.17, 15) is 0 Å². The van der Waals surface area contributed by atoms with Gasteiger partial charge in [-0.25, -0.2) is 0 Å². The number of likely N-dealkylation sites (tertiary alicyclic amines) is 1. The number of rotatable bonds is 3. The van der Waals surface area contributed by atoms with Crippen LogP contribution in [-0.4, -0.2) is 35.2 Å². The summed E-state index contributed by atoms with van der Waals surface area (Å²) in [6.45, 7) is 9.46. The molecule has 2 saturated heterocycles. The molecule has 3 heteroatoms. The maximum atomic E-state index is 3.75. The molecular weight excluding hydrogens is 215 g/mol. The molecule has 2 nitrogen and oxygen atoms in total. The van der Waals surface area contributed by atoms with Crippen LogP contribution in [0.25, 0.3) is 0 Å². The van der Waals surface area contributed by atoms with E-state index in [4.69, 9.17) is 0 Å². The monoisotopic (exact) mass is 236 g/mol. The van der Waals surface area contributed by atoms with Gasteiger partial charge in [-0.2, -0.15) is 0 Å². The van der Waals surface area contributed by atoms with Crippen LogP contribution in [0.4, 0.5) is 0 Å². The predicted octanol–water partition coefficient (Wildman–Crippen LogP) is 2.43. The third kappa shape index (κ3) is 2.56. The van der Waals surface area contributed by atoms with E-state index in [1.54, 1.807) is 0 Å². The van der Waals surface area contributed by atoms with E-state index in [2.05, 4.69) is 50.8 Å². The van der Waals surface area contributed by atoms with Crippen LogP contribution < -0.4 is 0 Å². The average molecular weight is 236 g/mol. The molecule has 0 aromatic carbocycles. The fraction of sp³-hybridized carbons (Fsp3) is 0.538. The Balaban J connectivity index is 1.94. The zero-order chi connectivity index (χ0) is 11.5. The molecule has 2 rings (SSSR count). The van der Waals surface area contributed by atoms with E-state index in [0.717, 1.165) is 12.0 Å². The summed E-state index contributed by atoms with van der Waals surface area (Å²) in [5, 5.41) is 0. The van der Waals surface area contributed by atoms with Gasteiger partial charge in [0.05, 0.1) is 0 Å². The van der Waals surface area contributed by atoms with Gasteiger partial charge in [0.15, 0.2) is 0 Å². The van der Waals surface area contributed by atoms with E-state index < -0.39 is 0 Å². The lowest BCUT2D eigenvalue weighted by Crippen LogP contribution is -2.29. The van der Waals surface area contributed by atoms with Crippen molar-refractivity contribution in [2.45, 2.75) is 19.4 Å². The van der Waals surface area contributed by atoms with Crippen LogP contribution in [0.1, 0.15) is 13.3 Å². The Morgan fingerprint density at radius 2 is 2.25 bits per heavy atom. The molecule has 16 heavy (non-hydrogen) atoms. The standard InChI is InChI=1S/C13H21N2P/c1-3-11(2)5-4-7-14-8-6-12-9-15(16)10-13(12)14/h3-5,7,12-13H,1,6,8-10,16H2,2H3/b7-4+,11-5-/t12-,13+/m1/s1. The molecule has 0 N–H and O–H groups in total. The topological polar surface area (TPSA) is 6.48 Å². The largest absolute Gasteiger partial charge is 0.373 e. The highest BCUT2D eigenvalue weighted by Gasteiger charge is 2.38. The number of hydrogen-bond donors (Lipinski definition) is 0.